The molecule has 2 aliphatic rings. The molecule has 2 heterocycles. The number of likely N-dealkylation sites (N-methyl/N-ethyl adjacent to an activating group) is 1. The van der Waals surface area contributed by atoms with Crippen molar-refractivity contribution in [1.29, 1.82) is 0 Å². The van der Waals surface area contributed by atoms with E-state index in [-0.39, 0.29) is 18.3 Å². The minimum absolute atomic E-state index is 0.276. The summed E-state index contributed by atoms with van der Waals surface area (Å²) in [6.07, 6.45) is 3.48. The van der Waals surface area contributed by atoms with Crippen molar-refractivity contribution < 1.29 is 9.31 Å². The van der Waals surface area contributed by atoms with Gasteiger partial charge in [-0.1, -0.05) is 30.3 Å². The standard InChI is InChI=1S/C18H26BNO2/c1-17(2)18(3,4)22-19(21-17)16-10-8-14(9-11-16)15-7-6-12-20(5)13-15/h7-11H,6,12-13H2,1-5H3. The molecule has 1 saturated heterocycles. The number of benzene rings is 1. The highest BCUT2D eigenvalue weighted by Gasteiger charge is 2.51. The first kappa shape index (κ1) is 15.8. The number of nitrogens with zero attached hydrogens (tertiary/aromatic N) is 1. The van der Waals surface area contributed by atoms with E-state index in [9.17, 15) is 0 Å². The maximum absolute atomic E-state index is 6.11. The second kappa shape index (κ2) is 5.52. The van der Waals surface area contributed by atoms with Crippen LogP contribution < -0.4 is 5.46 Å². The van der Waals surface area contributed by atoms with E-state index >= 15 is 0 Å². The Morgan fingerprint density at radius 3 is 2.14 bits per heavy atom. The van der Waals surface area contributed by atoms with Crippen molar-refractivity contribution in [2.45, 2.75) is 45.3 Å². The van der Waals surface area contributed by atoms with E-state index in [1.165, 1.54) is 11.1 Å². The summed E-state index contributed by atoms with van der Waals surface area (Å²) in [7, 11) is 1.90. The number of rotatable bonds is 2. The van der Waals surface area contributed by atoms with E-state index in [0.717, 1.165) is 25.0 Å². The largest absolute Gasteiger partial charge is 0.494 e. The van der Waals surface area contributed by atoms with Crippen LogP contribution in [0.25, 0.3) is 5.57 Å². The van der Waals surface area contributed by atoms with Crippen LogP contribution in [0.2, 0.25) is 0 Å². The van der Waals surface area contributed by atoms with Gasteiger partial charge in [0.2, 0.25) is 0 Å². The van der Waals surface area contributed by atoms with Crippen LogP contribution >= 0.6 is 0 Å². The second-order valence-electron chi connectivity index (χ2n) is 7.47. The predicted octanol–water partition coefficient (Wildman–Crippen LogP) is 2.70. The zero-order valence-electron chi connectivity index (χ0n) is 14.3. The monoisotopic (exact) mass is 299 g/mol. The molecule has 0 amide bonds. The zero-order chi connectivity index (χ0) is 16.0. The van der Waals surface area contributed by atoms with Crippen LogP contribution in [0.1, 0.15) is 39.7 Å². The normalized spacial score (nSPS) is 24.4. The Hall–Kier alpha value is -1.10. The molecule has 0 atom stereocenters. The molecule has 3 nitrogen and oxygen atoms in total. The minimum atomic E-state index is -0.287. The number of hydrogen-bond donors (Lipinski definition) is 0. The molecule has 0 aromatic heterocycles. The minimum Gasteiger partial charge on any atom is -0.399 e. The Kier molecular flexibility index (Phi) is 3.96. The Balaban J connectivity index is 1.77. The first-order chi connectivity index (χ1) is 10.3. The predicted molar refractivity (Wildman–Crippen MR) is 92.2 cm³/mol. The highest BCUT2D eigenvalue weighted by atomic mass is 16.7. The molecule has 1 aromatic rings. The maximum Gasteiger partial charge on any atom is 0.494 e. The van der Waals surface area contributed by atoms with Crippen LogP contribution in [0.5, 0.6) is 0 Å². The van der Waals surface area contributed by atoms with Gasteiger partial charge in [0.1, 0.15) is 0 Å². The van der Waals surface area contributed by atoms with Gasteiger partial charge in [0, 0.05) is 13.1 Å². The molecule has 4 heteroatoms. The van der Waals surface area contributed by atoms with Crippen LogP contribution in [-0.4, -0.2) is 43.4 Å². The molecule has 0 unspecified atom stereocenters. The summed E-state index contributed by atoms with van der Waals surface area (Å²) in [5.74, 6) is 0. The first-order valence-electron chi connectivity index (χ1n) is 8.12. The van der Waals surface area contributed by atoms with Crippen molar-refractivity contribution in [3.8, 4) is 0 Å². The van der Waals surface area contributed by atoms with Crippen molar-refractivity contribution in [3.05, 3.63) is 35.9 Å². The van der Waals surface area contributed by atoms with E-state index in [1.807, 2.05) is 0 Å². The van der Waals surface area contributed by atoms with Crippen LogP contribution in [-0.2, 0) is 9.31 Å². The molecule has 0 bridgehead atoms. The van der Waals surface area contributed by atoms with Gasteiger partial charge in [-0.2, -0.15) is 0 Å². The summed E-state index contributed by atoms with van der Waals surface area (Å²) in [5.41, 5.74) is 3.23. The Morgan fingerprint density at radius 2 is 1.59 bits per heavy atom. The molecule has 0 radical (unpaired) electrons. The van der Waals surface area contributed by atoms with Gasteiger partial charge in [0.05, 0.1) is 11.2 Å². The number of hydrogen-bond acceptors (Lipinski definition) is 3. The van der Waals surface area contributed by atoms with Gasteiger partial charge in [-0.25, -0.2) is 0 Å². The van der Waals surface area contributed by atoms with Crippen molar-refractivity contribution in [2.75, 3.05) is 20.1 Å². The van der Waals surface area contributed by atoms with Gasteiger partial charge in [0.25, 0.3) is 0 Å². The Labute approximate surface area is 134 Å². The molecule has 3 rings (SSSR count). The van der Waals surface area contributed by atoms with Gasteiger partial charge in [-0.05, 0) is 57.8 Å². The third-order valence-electron chi connectivity index (χ3n) is 5.15. The average Bonchev–Trinajstić information content (AvgIpc) is 2.68. The summed E-state index contributed by atoms with van der Waals surface area (Å²) in [6, 6.07) is 8.64. The SMILES string of the molecule is CN1CCC=C(c2ccc(B3OC(C)(C)C(C)(C)O3)cc2)C1. The fraction of sp³-hybridized carbons (Fsp3) is 0.556. The van der Waals surface area contributed by atoms with Gasteiger partial charge in [-0.15, -0.1) is 0 Å². The van der Waals surface area contributed by atoms with E-state index in [2.05, 4.69) is 70.0 Å². The molecule has 1 fully saturated rings. The molecule has 118 valence electrons. The van der Waals surface area contributed by atoms with E-state index in [1.54, 1.807) is 0 Å². The Bertz CT molecular complexity index is 561. The molecule has 1 aromatic carbocycles. The summed E-state index contributed by atoms with van der Waals surface area (Å²) < 4.78 is 12.2. The summed E-state index contributed by atoms with van der Waals surface area (Å²) in [4.78, 5) is 2.36. The lowest BCUT2D eigenvalue weighted by Gasteiger charge is -2.32. The van der Waals surface area contributed by atoms with E-state index in [4.69, 9.17) is 9.31 Å². The Morgan fingerprint density at radius 1 is 1.00 bits per heavy atom. The summed E-state index contributed by atoms with van der Waals surface area (Å²) in [5, 5.41) is 0. The third-order valence-corrected chi connectivity index (χ3v) is 5.15. The molecule has 0 saturated carbocycles. The van der Waals surface area contributed by atoms with Gasteiger partial charge in [0.15, 0.2) is 0 Å². The summed E-state index contributed by atoms with van der Waals surface area (Å²) >= 11 is 0. The molecule has 0 spiro atoms. The molecule has 0 aliphatic carbocycles. The molecular formula is C18H26BNO2. The van der Waals surface area contributed by atoms with Gasteiger partial charge < -0.3 is 14.2 Å². The molecule has 2 aliphatic heterocycles. The maximum atomic E-state index is 6.11. The lowest BCUT2D eigenvalue weighted by molar-refractivity contribution is 0.00578. The van der Waals surface area contributed by atoms with E-state index < -0.39 is 0 Å². The first-order valence-corrected chi connectivity index (χ1v) is 8.12. The second-order valence-corrected chi connectivity index (χ2v) is 7.47. The fourth-order valence-electron chi connectivity index (χ4n) is 2.94. The van der Waals surface area contributed by atoms with Crippen molar-refractivity contribution in [3.63, 3.8) is 0 Å². The van der Waals surface area contributed by atoms with Crippen molar-refractivity contribution in [2.24, 2.45) is 0 Å². The lowest BCUT2D eigenvalue weighted by atomic mass is 9.78. The quantitative estimate of drug-likeness (QED) is 0.784. The van der Waals surface area contributed by atoms with Crippen LogP contribution in [0, 0.1) is 0 Å². The van der Waals surface area contributed by atoms with Crippen molar-refractivity contribution in [1.82, 2.24) is 4.90 Å². The molecule has 22 heavy (non-hydrogen) atoms. The topological polar surface area (TPSA) is 21.7 Å². The lowest BCUT2D eigenvalue weighted by Crippen LogP contribution is -2.41. The van der Waals surface area contributed by atoms with Crippen molar-refractivity contribution >= 4 is 18.2 Å². The average molecular weight is 299 g/mol. The fourth-order valence-corrected chi connectivity index (χ4v) is 2.94. The van der Waals surface area contributed by atoms with Gasteiger partial charge >= 0.3 is 7.12 Å². The van der Waals surface area contributed by atoms with Crippen LogP contribution in [0.15, 0.2) is 30.3 Å². The highest BCUT2D eigenvalue weighted by molar-refractivity contribution is 6.62. The van der Waals surface area contributed by atoms with Crippen LogP contribution in [0.3, 0.4) is 0 Å². The van der Waals surface area contributed by atoms with Gasteiger partial charge in [-0.3, -0.25) is 0 Å². The molecule has 0 N–H and O–H groups in total. The smallest absolute Gasteiger partial charge is 0.399 e. The molecular weight excluding hydrogens is 273 g/mol. The van der Waals surface area contributed by atoms with E-state index in [0.29, 0.717) is 0 Å². The third kappa shape index (κ3) is 2.88. The zero-order valence-corrected chi connectivity index (χ0v) is 14.3. The summed E-state index contributed by atoms with van der Waals surface area (Å²) in [6.45, 7) is 10.5. The van der Waals surface area contributed by atoms with Crippen LogP contribution in [0.4, 0.5) is 0 Å². The highest BCUT2D eigenvalue weighted by Crippen LogP contribution is 2.36.